The number of nitrogens with one attached hydrogen (secondary N) is 2. The Balaban J connectivity index is 1.90. The number of rotatable bonds is 6. The van der Waals surface area contributed by atoms with Gasteiger partial charge in [-0.1, -0.05) is 20.8 Å². The van der Waals surface area contributed by atoms with Gasteiger partial charge in [0.1, 0.15) is 11.9 Å². The average molecular weight is 266 g/mol. The Hall–Kier alpha value is -0.910. The normalized spacial score (nSPS) is 21.2. The van der Waals surface area contributed by atoms with E-state index in [-0.39, 0.29) is 6.10 Å². The van der Waals surface area contributed by atoms with E-state index in [4.69, 9.17) is 4.74 Å². The molecule has 0 aliphatic carbocycles. The van der Waals surface area contributed by atoms with Gasteiger partial charge in [-0.15, -0.1) is 0 Å². The molecule has 1 unspecified atom stereocenters. The van der Waals surface area contributed by atoms with Crippen LogP contribution in [0.1, 0.15) is 44.8 Å². The molecular weight excluding hydrogens is 240 g/mol. The maximum absolute atomic E-state index is 5.82. The minimum atomic E-state index is 0.0908. The number of imidazole rings is 1. The summed E-state index contributed by atoms with van der Waals surface area (Å²) in [7, 11) is 0. The Kier molecular flexibility index (Phi) is 5.36. The van der Waals surface area contributed by atoms with Crippen LogP contribution in [0.4, 0.5) is 0 Å². The Bertz CT molecular complexity index is 375. The molecule has 1 aromatic heterocycles. The highest BCUT2D eigenvalue weighted by molar-refractivity contribution is 5.04. The number of aromatic amines is 1. The fraction of sp³-hybridized carbons (Fsp3) is 0.786. The Morgan fingerprint density at radius 1 is 1.58 bits per heavy atom. The van der Waals surface area contributed by atoms with Crippen molar-refractivity contribution in [2.45, 2.75) is 45.9 Å². The second-order valence-corrected chi connectivity index (χ2v) is 5.49. The predicted molar refractivity (Wildman–Crippen MR) is 76.0 cm³/mol. The molecule has 1 saturated heterocycles. The van der Waals surface area contributed by atoms with Gasteiger partial charge in [0, 0.05) is 37.6 Å². The van der Waals surface area contributed by atoms with Gasteiger partial charge in [-0.25, -0.2) is 4.98 Å². The first-order chi connectivity index (χ1) is 9.19. The highest BCUT2D eigenvalue weighted by Crippen LogP contribution is 2.19. The van der Waals surface area contributed by atoms with E-state index in [1.54, 1.807) is 0 Å². The minimum absolute atomic E-state index is 0.0908. The lowest BCUT2D eigenvalue weighted by Gasteiger charge is -2.31. The van der Waals surface area contributed by atoms with E-state index in [1.807, 2.05) is 6.20 Å². The van der Waals surface area contributed by atoms with Gasteiger partial charge >= 0.3 is 0 Å². The number of aromatic nitrogens is 2. The molecule has 0 bridgehead atoms. The molecule has 5 heteroatoms. The summed E-state index contributed by atoms with van der Waals surface area (Å²) >= 11 is 0. The van der Waals surface area contributed by atoms with Crippen molar-refractivity contribution in [1.82, 2.24) is 20.2 Å². The Morgan fingerprint density at radius 2 is 2.42 bits per heavy atom. The van der Waals surface area contributed by atoms with Crippen molar-refractivity contribution < 1.29 is 4.74 Å². The van der Waals surface area contributed by atoms with Crippen LogP contribution in [-0.4, -0.2) is 47.2 Å². The molecule has 2 heterocycles. The summed E-state index contributed by atoms with van der Waals surface area (Å²) in [5.41, 5.74) is 1.12. The molecule has 2 N–H and O–H groups in total. The van der Waals surface area contributed by atoms with Crippen molar-refractivity contribution in [3.63, 3.8) is 0 Å². The zero-order chi connectivity index (χ0) is 13.7. The number of morpholine rings is 1. The smallest absolute Gasteiger partial charge is 0.136 e. The molecule has 19 heavy (non-hydrogen) atoms. The van der Waals surface area contributed by atoms with Gasteiger partial charge < -0.3 is 15.0 Å². The topological polar surface area (TPSA) is 53.2 Å². The number of nitrogens with zero attached hydrogens (tertiary/aromatic N) is 2. The van der Waals surface area contributed by atoms with Gasteiger partial charge in [-0.05, 0) is 13.0 Å². The fourth-order valence-electron chi connectivity index (χ4n) is 2.33. The molecule has 108 valence electrons. The van der Waals surface area contributed by atoms with Crippen LogP contribution in [0.25, 0.3) is 0 Å². The highest BCUT2D eigenvalue weighted by atomic mass is 16.5. The Labute approximate surface area is 115 Å². The average Bonchev–Trinajstić information content (AvgIpc) is 2.86. The van der Waals surface area contributed by atoms with E-state index in [2.05, 4.69) is 41.0 Å². The minimum Gasteiger partial charge on any atom is -0.368 e. The van der Waals surface area contributed by atoms with Gasteiger partial charge in [-0.2, -0.15) is 0 Å². The SMILES string of the molecule is CCCN1CCOC(c2ncc(CNC(C)C)[nH]2)C1. The van der Waals surface area contributed by atoms with Crippen LogP contribution < -0.4 is 5.32 Å². The summed E-state index contributed by atoms with van der Waals surface area (Å²) in [5.74, 6) is 0.960. The van der Waals surface area contributed by atoms with Crippen LogP contribution in [0.5, 0.6) is 0 Å². The molecule has 1 fully saturated rings. The maximum Gasteiger partial charge on any atom is 0.136 e. The summed E-state index contributed by atoms with van der Waals surface area (Å²) in [6, 6.07) is 0.484. The van der Waals surface area contributed by atoms with Crippen molar-refractivity contribution in [3.8, 4) is 0 Å². The lowest BCUT2D eigenvalue weighted by Crippen LogP contribution is -2.39. The summed E-state index contributed by atoms with van der Waals surface area (Å²) < 4.78 is 5.82. The molecule has 0 radical (unpaired) electrons. The molecule has 0 spiro atoms. The molecule has 0 aromatic carbocycles. The van der Waals surface area contributed by atoms with Crippen molar-refractivity contribution in [2.24, 2.45) is 0 Å². The van der Waals surface area contributed by atoms with Crippen molar-refractivity contribution in [3.05, 3.63) is 17.7 Å². The molecule has 1 aromatic rings. The number of hydrogen-bond acceptors (Lipinski definition) is 4. The van der Waals surface area contributed by atoms with Crippen LogP contribution in [0, 0.1) is 0 Å². The molecule has 0 amide bonds. The summed E-state index contributed by atoms with van der Waals surface area (Å²) in [6.07, 6.45) is 3.19. The lowest BCUT2D eigenvalue weighted by molar-refractivity contribution is -0.0338. The maximum atomic E-state index is 5.82. The fourth-order valence-corrected chi connectivity index (χ4v) is 2.33. The van der Waals surface area contributed by atoms with Crippen LogP contribution in [0.15, 0.2) is 6.20 Å². The first kappa shape index (κ1) is 14.5. The van der Waals surface area contributed by atoms with E-state index in [0.717, 1.165) is 44.3 Å². The van der Waals surface area contributed by atoms with Gasteiger partial charge in [0.25, 0.3) is 0 Å². The van der Waals surface area contributed by atoms with Crippen LogP contribution in [0.3, 0.4) is 0 Å². The van der Waals surface area contributed by atoms with Gasteiger partial charge in [0.05, 0.1) is 6.61 Å². The Morgan fingerprint density at radius 3 is 3.16 bits per heavy atom. The molecular formula is C14H26N4O. The van der Waals surface area contributed by atoms with E-state index in [1.165, 1.54) is 6.42 Å². The van der Waals surface area contributed by atoms with E-state index in [9.17, 15) is 0 Å². The van der Waals surface area contributed by atoms with Crippen LogP contribution >= 0.6 is 0 Å². The first-order valence-corrected chi connectivity index (χ1v) is 7.30. The quantitative estimate of drug-likeness (QED) is 0.823. The standard InChI is InChI=1S/C14H26N4O/c1-4-5-18-6-7-19-13(10-18)14-16-9-12(17-14)8-15-11(2)3/h9,11,13,15H,4-8,10H2,1-3H3,(H,16,17). The molecule has 5 nitrogen and oxygen atoms in total. The third kappa shape index (κ3) is 4.30. The number of H-pyrrole nitrogens is 1. The highest BCUT2D eigenvalue weighted by Gasteiger charge is 2.23. The third-order valence-corrected chi connectivity index (χ3v) is 3.34. The van der Waals surface area contributed by atoms with Crippen molar-refractivity contribution in [2.75, 3.05) is 26.2 Å². The monoisotopic (exact) mass is 266 g/mol. The largest absolute Gasteiger partial charge is 0.368 e. The number of hydrogen-bond donors (Lipinski definition) is 2. The summed E-state index contributed by atoms with van der Waals surface area (Å²) in [5, 5.41) is 3.38. The van der Waals surface area contributed by atoms with Crippen molar-refractivity contribution >= 4 is 0 Å². The van der Waals surface area contributed by atoms with Crippen LogP contribution in [0.2, 0.25) is 0 Å². The summed E-state index contributed by atoms with van der Waals surface area (Å²) in [4.78, 5) is 10.3. The zero-order valence-electron chi connectivity index (χ0n) is 12.3. The predicted octanol–water partition coefficient (Wildman–Crippen LogP) is 1.69. The molecule has 1 aliphatic rings. The lowest BCUT2D eigenvalue weighted by atomic mass is 10.2. The molecule has 1 aliphatic heterocycles. The van der Waals surface area contributed by atoms with Crippen molar-refractivity contribution in [1.29, 1.82) is 0 Å². The second-order valence-electron chi connectivity index (χ2n) is 5.49. The second kappa shape index (κ2) is 7.03. The third-order valence-electron chi connectivity index (χ3n) is 3.34. The van der Waals surface area contributed by atoms with E-state index in [0.29, 0.717) is 6.04 Å². The van der Waals surface area contributed by atoms with E-state index >= 15 is 0 Å². The van der Waals surface area contributed by atoms with Gasteiger partial charge in [-0.3, -0.25) is 4.90 Å². The van der Waals surface area contributed by atoms with Gasteiger partial charge in [0.15, 0.2) is 0 Å². The molecule has 1 atom stereocenters. The van der Waals surface area contributed by atoms with Gasteiger partial charge in [0.2, 0.25) is 0 Å². The molecule has 0 saturated carbocycles. The summed E-state index contributed by atoms with van der Waals surface area (Å²) in [6.45, 7) is 11.2. The van der Waals surface area contributed by atoms with Crippen LogP contribution in [-0.2, 0) is 11.3 Å². The first-order valence-electron chi connectivity index (χ1n) is 7.30. The van der Waals surface area contributed by atoms with E-state index < -0.39 is 0 Å². The zero-order valence-corrected chi connectivity index (χ0v) is 12.3. The molecule has 2 rings (SSSR count). The number of ether oxygens (including phenoxy) is 1.